The van der Waals surface area contributed by atoms with E-state index in [-0.39, 0.29) is 5.54 Å². The highest BCUT2D eigenvalue weighted by Gasteiger charge is 2.30. The molecule has 0 aromatic carbocycles. The number of ether oxygens (including phenoxy) is 1. The van der Waals surface area contributed by atoms with Crippen molar-refractivity contribution in [2.75, 3.05) is 7.11 Å². The molecule has 0 radical (unpaired) electrons. The van der Waals surface area contributed by atoms with Crippen LogP contribution in [-0.2, 0) is 6.42 Å². The van der Waals surface area contributed by atoms with Crippen LogP contribution >= 0.6 is 0 Å². The summed E-state index contributed by atoms with van der Waals surface area (Å²) >= 11 is 0. The van der Waals surface area contributed by atoms with E-state index in [4.69, 9.17) is 10.5 Å². The van der Waals surface area contributed by atoms with Crippen LogP contribution in [-0.4, -0.2) is 17.6 Å². The van der Waals surface area contributed by atoms with E-state index in [9.17, 15) is 0 Å². The van der Waals surface area contributed by atoms with Gasteiger partial charge in [-0.05, 0) is 26.7 Å². The van der Waals surface area contributed by atoms with Crippen molar-refractivity contribution in [3.05, 3.63) is 23.0 Å². The summed E-state index contributed by atoms with van der Waals surface area (Å²) in [4.78, 5) is 4.54. The van der Waals surface area contributed by atoms with Crippen molar-refractivity contribution in [2.45, 2.75) is 51.5 Å². The van der Waals surface area contributed by atoms with E-state index in [1.54, 1.807) is 7.11 Å². The van der Waals surface area contributed by atoms with Crippen molar-refractivity contribution in [1.82, 2.24) is 4.98 Å². The molecule has 94 valence electrons. The van der Waals surface area contributed by atoms with Gasteiger partial charge in [-0.15, -0.1) is 0 Å². The van der Waals surface area contributed by atoms with E-state index in [1.807, 2.05) is 13.1 Å². The van der Waals surface area contributed by atoms with Gasteiger partial charge in [-0.2, -0.15) is 0 Å². The predicted molar refractivity (Wildman–Crippen MR) is 69.4 cm³/mol. The van der Waals surface area contributed by atoms with Crippen molar-refractivity contribution in [2.24, 2.45) is 5.73 Å². The Bertz CT molecular complexity index is 409. The van der Waals surface area contributed by atoms with Crippen LogP contribution in [0.5, 0.6) is 5.75 Å². The third kappa shape index (κ3) is 2.44. The van der Waals surface area contributed by atoms with Gasteiger partial charge >= 0.3 is 0 Å². The molecular weight excluding hydrogens is 212 g/mol. The minimum absolute atomic E-state index is 0.0436. The zero-order chi connectivity index (χ0) is 12.5. The highest BCUT2D eigenvalue weighted by atomic mass is 16.5. The highest BCUT2D eigenvalue weighted by Crippen LogP contribution is 2.32. The van der Waals surface area contributed by atoms with Gasteiger partial charge in [-0.25, -0.2) is 0 Å². The Morgan fingerprint density at radius 2 is 2.00 bits per heavy atom. The van der Waals surface area contributed by atoms with Crippen LogP contribution in [0, 0.1) is 13.8 Å². The molecule has 1 heterocycles. The van der Waals surface area contributed by atoms with Crippen LogP contribution < -0.4 is 10.5 Å². The highest BCUT2D eigenvalue weighted by molar-refractivity contribution is 5.41. The Labute approximate surface area is 103 Å². The number of methoxy groups -OCH3 is 1. The molecule has 1 aliphatic carbocycles. The molecule has 1 aromatic rings. The molecule has 0 saturated heterocycles. The lowest BCUT2D eigenvalue weighted by atomic mass is 9.91. The Morgan fingerprint density at radius 3 is 2.59 bits per heavy atom. The number of nitrogens with zero attached hydrogens (tertiary/aromatic N) is 1. The normalized spacial score (nSPS) is 18.4. The van der Waals surface area contributed by atoms with Gasteiger partial charge in [0.15, 0.2) is 0 Å². The van der Waals surface area contributed by atoms with Crippen molar-refractivity contribution in [1.29, 1.82) is 0 Å². The molecule has 17 heavy (non-hydrogen) atoms. The second-order valence-corrected chi connectivity index (χ2v) is 5.29. The van der Waals surface area contributed by atoms with Crippen molar-refractivity contribution >= 4 is 0 Å². The summed E-state index contributed by atoms with van der Waals surface area (Å²) < 4.78 is 5.43. The number of aryl methyl sites for hydroxylation is 1. The first-order chi connectivity index (χ1) is 8.06. The summed E-state index contributed by atoms with van der Waals surface area (Å²) in [6.07, 6.45) is 7.49. The van der Waals surface area contributed by atoms with E-state index in [0.29, 0.717) is 0 Å². The van der Waals surface area contributed by atoms with Crippen LogP contribution in [0.1, 0.15) is 42.5 Å². The standard InChI is InChI=1S/C14H22N2O/c1-10-9-16-12(11(2)13(10)17-3)8-14(15)6-4-5-7-14/h9H,4-8,15H2,1-3H3. The van der Waals surface area contributed by atoms with Gasteiger partial charge in [0.05, 0.1) is 7.11 Å². The molecule has 1 aliphatic rings. The van der Waals surface area contributed by atoms with Crippen LogP contribution in [0.2, 0.25) is 0 Å². The molecular formula is C14H22N2O. The fourth-order valence-corrected chi connectivity index (χ4v) is 2.84. The first kappa shape index (κ1) is 12.4. The quantitative estimate of drug-likeness (QED) is 0.874. The summed E-state index contributed by atoms with van der Waals surface area (Å²) in [5, 5.41) is 0. The van der Waals surface area contributed by atoms with E-state index in [0.717, 1.165) is 41.8 Å². The van der Waals surface area contributed by atoms with E-state index < -0.39 is 0 Å². The van der Waals surface area contributed by atoms with Crippen molar-refractivity contribution in [3.8, 4) is 5.75 Å². The molecule has 0 amide bonds. The Hall–Kier alpha value is -1.09. The number of rotatable bonds is 3. The van der Waals surface area contributed by atoms with Gasteiger partial charge in [-0.3, -0.25) is 4.98 Å². The fourth-order valence-electron chi connectivity index (χ4n) is 2.84. The summed E-state index contributed by atoms with van der Waals surface area (Å²) in [5.74, 6) is 0.955. The minimum Gasteiger partial charge on any atom is -0.496 e. The molecule has 1 saturated carbocycles. The summed E-state index contributed by atoms with van der Waals surface area (Å²) in [6.45, 7) is 4.10. The van der Waals surface area contributed by atoms with Gasteiger partial charge in [0.2, 0.25) is 0 Å². The van der Waals surface area contributed by atoms with Gasteiger partial charge in [-0.1, -0.05) is 12.8 Å². The molecule has 2 rings (SSSR count). The van der Waals surface area contributed by atoms with Crippen LogP contribution in [0.15, 0.2) is 6.20 Å². The van der Waals surface area contributed by atoms with Crippen LogP contribution in [0.25, 0.3) is 0 Å². The number of hydrogen-bond donors (Lipinski definition) is 1. The lowest BCUT2D eigenvalue weighted by Gasteiger charge is -2.24. The number of pyridine rings is 1. The summed E-state index contributed by atoms with van der Waals surface area (Å²) in [5.41, 5.74) is 9.69. The summed E-state index contributed by atoms with van der Waals surface area (Å²) in [7, 11) is 1.72. The average molecular weight is 234 g/mol. The molecule has 1 aromatic heterocycles. The number of aromatic nitrogens is 1. The van der Waals surface area contributed by atoms with Gasteiger partial charge in [0.1, 0.15) is 5.75 Å². The third-order valence-corrected chi connectivity index (χ3v) is 3.87. The SMILES string of the molecule is COc1c(C)cnc(CC2(N)CCCC2)c1C. The lowest BCUT2D eigenvalue weighted by Crippen LogP contribution is -2.39. The lowest BCUT2D eigenvalue weighted by molar-refractivity contribution is 0.401. The Balaban J connectivity index is 2.27. The Kier molecular flexibility index (Phi) is 3.38. The monoisotopic (exact) mass is 234 g/mol. The van der Waals surface area contributed by atoms with E-state index in [2.05, 4.69) is 11.9 Å². The molecule has 0 bridgehead atoms. The Morgan fingerprint density at radius 1 is 1.35 bits per heavy atom. The summed E-state index contributed by atoms with van der Waals surface area (Å²) in [6, 6.07) is 0. The fraction of sp³-hybridized carbons (Fsp3) is 0.643. The van der Waals surface area contributed by atoms with Gasteiger partial charge in [0.25, 0.3) is 0 Å². The molecule has 0 atom stereocenters. The maximum absolute atomic E-state index is 6.41. The minimum atomic E-state index is -0.0436. The van der Waals surface area contributed by atoms with Gasteiger partial charge in [0, 0.05) is 35.0 Å². The zero-order valence-electron chi connectivity index (χ0n) is 11.0. The molecule has 1 fully saturated rings. The van der Waals surface area contributed by atoms with Gasteiger partial charge < -0.3 is 10.5 Å². The second kappa shape index (κ2) is 4.65. The maximum atomic E-state index is 6.41. The number of hydrogen-bond acceptors (Lipinski definition) is 3. The molecule has 0 aliphatic heterocycles. The molecule has 3 heteroatoms. The van der Waals surface area contributed by atoms with Crippen LogP contribution in [0.4, 0.5) is 0 Å². The van der Waals surface area contributed by atoms with E-state index >= 15 is 0 Å². The molecule has 3 nitrogen and oxygen atoms in total. The molecule has 0 unspecified atom stereocenters. The van der Waals surface area contributed by atoms with Crippen molar-refractivity contribution in [3.63, 3.8) is 0 Å². The molecule has 2 N–H and O–H groups in total. The topological polar surface area (TPSA) is 48.1 Å². The predicted octanol–water partition coefficient (Wildman–Crippen LogP) is 2.52. The van der Waals surface area contributed by atoms with Crippen molar-refractivity contribution < 1.29 is 4.74 Å². The van der Waals surface area contributed by atoms with Crippen LogP contribution in [0.3, 0.4) is 0 Å². The largest absolute Gasteiger partial charge is 0.496 e. The maximum Gasteiger partial charge on any atom is 0.128 e. The zero-order valence-corrected chi connectivity index (χ0v) is 11.0. The first-order valence-corrected chi connectivity index (χ1v) is 6.34. The first-order valence-electron chi connectivity index (χ1n) is 6.34. The molecule has 0 spiro atoms. The second-order valence-electron chi connectivity index (χ2n) is 5.29. The third-order valence-electron chi connectivity index (χ3n) is 3.87. The smallest absolute Gasteiger partial charge is 0.128 e. The average Bonchev–Trinajstić information content (AvgIpc) is 2.71. The number of nitrogens with two attached hydrogens (primary N) is 1. The van der Waals surface area contributed by atoms with E-state index in [1.165, 1.54) is 12.8 Å².